The van der Waals surface area contributed by atoms with Crippen molar-refractivity contribution in [2.75, 3.05) is 11.6 Å². The number of nitrogens with one attached hydrogen (secondary N) is 1. The first-order valence-corrected chi connectivity index (χ1v) is 8.23. The molecule has 0 saturated heterocycles. The second kappa shape index (κ2) is 6.28. The first-order chi connectivity index (χ1) is 12.3. The predicted molar refractivity (Wildman–Crippen MR) is 102 cm³/mol. The quantitative estimate of drug-likeness (QED) is 0.433. The molecule has 1 heterocycles. The molecule has 4 rings (SSSR count). The lowest BCUT2D eigenvalue weighted by molar-refractivity contribution is 0.475. The van der Waals surface area contributed by atoms with Gasteiger partial charge in [-0.15, -0.1) is 0 Å². The number of phenolic OH excluding ortho intramolecular Hbond substituents is 1. The number of para-hydroxylation sites is 2. The number of hydrazone groups is 1. The molecule has 0 fully saturated rings. The normalized spacial score (nSPS) is 11.6. The van der Waals surface area contributed by atoms with Crippen LogP contribution in [0.3, 0.4) is 0 Å². The first-order valence-electron chi connectivity index (χ1n) is 8.23. The molecule has 2 N–H and O–H groups in total. The SMILES string of the molecule is CCN(N=Cc1c(O)ccc2ccccc12)c1nc2ccccc2[nH]1. The molecule has 0 saturated carbocycles. The summed E-state index contributed by atoms with van der Waals surface area (Å²) in [5.74, 6) is 0.891. The number of fused-ring (bicyclic) bond motifs is 2. The molecule has 25 heavy (non-hydrogen) atoms. The second-order valence-electron chi connectivity index (χ2n) is 5.76. The number of hydrogen-bond acceptors (Lipinski definition) is 4. The summed E-state index contributed by atoms with van der Waals surface area (Å²) in [6.45, 7) is 2.66. The lowest BCUT2D eigenvalue weighted by Crippen LogP contribution is -2.17. The monoisotopic (exact) mass is 330 g/mol. The lowest BCUT2D eigenvalue weighted by Gasteiger charge is -2.13. The maximum atomic E-state index is 10.2. The number of nitrogens with zero attached hydrogens (tertiary/aromatic N) is 3. The van der Waals surface area contributed by atoms with E-state index in [1.165, 1.54) is 0 Å². The number of anilines is 1. The van der Waals surface area contributed by atoms with Gasteiger partial charge in [0.25, 0.3) is 0 Å². The predicted octanol–water partition coefficient (Wildman–Crippen LogP) is 4.28. The van der Waals surface area contributed by atoms with E-state index in [0.29, 0.717) is 18.1 Å². The molecule has 0 amide bonds. The van der Waals surface area contributed by atoms with Gasteiger partial charge in [0.05, 0.1) is 17.2 Å². The number of aromatic amines is 1. The largest absolute Gasteiger partial charge is 0.507 e. The number of rotatable bonds is 4. The molecule has 0 unspecified atom stereocenters. The van der Waals surface area contributed by atoms with Crippen molar-refractivity contribution in [3.8, 4) is 5.75 Å². The van der Waals surface area contributed by atoms with Gasteiger partial charge >= 0.3 is 0 Å². The van der Waals surface area contributed by atoms with Gasteiger partial charge in [0.2, 0.25) is 5.95 Å². The Morgan fingerprint density at radius 1 is 1.08 bits per heavy atom. The van der Waals surface area contributed by atoms with Crippen LogP contribution >= 0.6 is 0 Å². The zero-order valence-electron chi connectivity index (χ0n) is 13.8. The molecule has 0 bridgehead atoms. The van der Waals surface area contributed by atoms with E-state index < -0.39 is 0 Å². The van der Waals surface area contributed by atoms with E-state index in [-0.39, 0.29) is 5.75 Å². The number of hydrogen-bond donors (Lipinski definition) is 2. The number of phenols is 1. The molecule has 0 atom stereocenters. The minimum Gasteiger partial charge on any atom is -0.507 e. The van der Waals surface area contributed by atoms with Crippen LogP contribution in [0.15, 0.2) is 65.8 Å². The van der Waals surface area contributed by atoms with Crippen LogP contribution < -0.4 is 5.01 Å². The van der Waals surface area contributed by atoms with Crippen molar-refractivity contribution in [1.29, 1.82) is 0 Å². The average molecular weight is 330 g/mol. The van der Waals surface area contributed by atoms with E-state index in [4.69, 9.17) is 0 Å². The van der Waals surface area contributed by atoms with E-state index in [1.807, 2.05) is 61.5 Å². The molecule has 0 aliphatic carbocycles. The summed E-state index contributed by atoms with van der Waals surface area (Å²) in [5.41, 5.74) is 2.57. The minimum absolute atomic E-state index is 0.211. The summed E-state index contributed by atoms with van der Waals surface area (Å²) in [6, 6.07) is 19.4. The summed E-state index contributed by atoms with van der Waals surface area (Å²) in [4.78, 5) is 7.85. The van der Waals surface area contributed by atoms with Gasteiger partial charge in [-0.3, -0.25) is 0 Å². The number of benzene rings is 3. The number of aromatic hydroxyl groups is 1. The standard InChI is InChI=1S/C20H18N4O/c1-2-24(20-22-17-9-5-6-10-18(17)23-20)21-13-16-15-8-4-3-7-14(15)11-12-19(16)25/h3-13,25H,2H2,1H3,(H,22,23). The average Bonchev–Trinajstić information content (AvgIpc) is 3.07. The molecule has 1 aromatic heterocycles. The smallest absolute Gasteiger partial charge is 0.224 e. The van der Waals surface area contributed by atoms with Gasteiger partial charge in [0, 0.05) is 12.1 Å². The summed E-state index contributed by atoms with van der Waals surface area (Å²) in [5, 5.41) is 18.6. The maximum Gasteiger partial charge on any atom is 0.224 e. The van der Waals surface area contributed by atoms with Crippen molar-refractivity contribution in [3.05, 3.63) is 66.2 Å². The van der Waals surface area contributed by atoms with E-state index in [2.05, 4.69) is 15.1 Å². The van der Waals surface area contributed by atoms with Crippen molar-refractivity contribution < 1.29 is 5.11 Å². The Morgan fingerprint density at radius 3 is 2.72 bits per heavy atom. The van der Waals surface area contributed by atoms with Gasteiger partial charge in [-0.25, -0.2) is 9.99 Å². The van der Waals surface area contributed by atoms with Crippen LogP contribution in [-0.4, -0.2) is 27.8 Å². The Labute approximate surface area is 145 Å². The van der Waals surface area contributed by atoms with Gasteiger partial charge in [-0.05, 0) is 35.9 Å². The minimum atomic E-state index is 0.211. The third-order valence-electron chi connectivity index (χ3n) is 4.19. The van der Waals surface area contributed by atoms with Gasteiger partial charge in [0.1, 0.15) is 5.75 Å². The maximum absolute atomic E-state index is 10.2. The van der Waals surface area contributed by atoms with Gasteiger partial charge in [-0.2, -0.15) is 5.10 Å². The highest BCUT2D eigenvalue weighted by atomic mass is 16.3. The van der Waals surface area contributed by atoms with Crippen molar-refractivity contribution in [2.24, 2.45) is 5.10 Å². The van der Waals surface area contributed by atoms with Crippen LogP contribution in [0.4, 0.5) is 5.95 Å². The van der Waals surface area contributed by atoms with Crippen LogP contribution in [0.5, 0.6) is 5.75 Å². The van der Waals surface area contributed by atoms with Crippen LogP contribution in [-0.2, 0) is 0 Å². The van der Waals surface area contributed by atoms with Crippen LogP contribution in [0.1, 0.15) is 12.5 Å². The molecular weight excluding hydrogens is 312 g/mol. The van der Waals surface area contributed by atoms with Crippen LogP contribution in [0.2, 0.25) is 0 Å². The first kappa shape index (κ1) is 15.2. The van der Waals surface area contributed by atoms with E-state index in [1.54, 1.807) is 17.3 Å². The number of H-pyrrole nitrogens is 1. The van der Waals surface area contributed by atoms with Crippen molar-refractivity contribution in [2.45, 2.75) is 6.92 Å². The fourth-order valence-corrected chi connectivity index (χ4v) is 2.89. The fraction of sp³-hybridized carbons (Fsp3) is 0.100. The van der Waals surface area contributed by atoms with Gasteiger partial charge in [-0.1, -0.05) is 42.5 Å². The Kier molecular flexibility index (Phi) is 3.82. The topological polar surface area (TPSA) is 64.5 Å². The molecule has 0 radical (unpaired) electrons. The zero-order valence-corrected chi connectivity index (χ0v) is 13.8. The Hall–Kier alpha value is -3.34. The summed E-state index contributed by atoms with van der Waals surface area (Å²) in [7, 11) is 0. The highest BCUT2D eigenvalue weighted by Gasteiger charge is 2.09. The van der Waals surface area contributed by atoms with Crippen LogP contribution in [0.25, 0.3) is 21.8 Å². The van der Waals surface area contributed by atoms with E-state index in [9.17, 15) is 5.11 Å². The molecule has 0 aliphatic rings. The summed E-state index contributed by atoms with van der Waals surface area (Å²) in [6.07, 6.45) is 1.69. The summed E-state index contributed by atoms with van der Waals surface area (Å²) >= 11 is 0. The molecule has 4 aromatic rings. The van der Waals surface area contributed by atoms with Gasteiger partial charge < -0.3 is 10.1 Å². The molecule has 124 valence electrons. The molecule has 3 aromatic carbocycles. The Balaban J connectivity index is 1.73. The van der Waals surface area contributed by atoms with E-state index in [0.717, 1.165) is 21.8 Å². The highest BCUT2D eigenvalue weighted by molar-refractivity contribution is 6.02. The van der Waals surface area contributed by atoms with Gasteiger partial charge in [0.15, 0.2) is 0 Å². The molecule has 5 heteroatoms. The van der Waals surface area contributed by atoms with E-state index >= 15 is 0 Å². The van der Waals surface area contributed by atoms with Crippen molar-refractivity contribution in [1.82, 2.24) is 9.97 Å². The Bertz CT molecular complexity index is 1030. The lowest BCUT2D eigenvalue weighted by atomic mass is 10.0. The molecule has 0 aliphatic heterocycles. The molecule has 5 nitrogen and oxygen atoms in total. The highest BCUT2D eigenvalue weighted by Crippen LogP contribution is 2.26. The fourth-order valence-electron chi connectivity index (χ4n) is 2.89. The number of aromatic nitrogens is 2. The third-order valence-corrected chi connectivity index (χ3v) is 4.19. The molecular formula is C20H18N4O. The Morgan fingerprint density at radius 2 is 1.88 bits per heavy atom. The van der Waals surface area contributed by atoms with Crippen molar-refractivity contribution >= 4 is 34.0 Å². The second-order valence-corrected chi connectivity index (χ2v) is 5.76. The third kappa shape index (κ3) is 2.80. The molecule has 0 spiro atoms. The van der Waals surface area contributed by atoms with Crippen LogP contribution in [0, 0.1) is 0 Å². The van der Waals surface area contributed by atoms with Crippen molar-refractivity contribution in [3.63, 3.8) is 0 Å². The summed E-state index contributed by atoms with van der Waals surface area (Å²) < 4.78 is 0. The zero-order chi connectivity index (χ0) is 17.2. The number of imidazole rings is 1.